The number of fused-ring (bicyclic) bond motifs is 3. The van der Waals surface area contributed by atoms with E-state index in [1.165, 1.54) is 6.20 Å². The average molecular weight is 426 g/mol. The van der Waals surface area contributed by atoms with Crippen molar-refractivity contribution in [3.8, 4) is 0 Å². The summed E-state index contributed by atoms with van der Waals surface area (Å²) in [5, 5.41) is 5.40. The van der Waals surface area contributed by atoms with Crippen LogP contribution in [0.2, 0.25) is 0 Å². The number of benzene rings is 2. The summed E-state index contributed by atoms with van der Waals surface area (Å²) in [6.45, 7) is 1.98. The van der Waals surface area contributed by atoms with Crippen LogP contribution >= 0.6 is 15.9 Å². The standard InChI is InChI=1S/C20H16BrN3O3/c1-12-3-8-17-15(9-12)19-16(20(26)27-17)10-22-24(19)11-18(25)23(2)14-6-4-13(21)5-7-14/h3-10H,11H2,1-2H3. The molecule has 1 amide bonds. The molecule has 0 bridgehead atoms. The van der Waals surface area contributed by atoms with E-state index < -0.39 is 5.63 Å². The number of carbonyl (C=O) groups is 1. The van der Waals surface area contributed by atoms with Crippen molar-refractivity contribution in [1.82, 2.24) is 9.78 Å². The van der Waals surface area contributed by atoms with Gasteiger partial charge in [0.1, 0.15) is 17.5 Å². The first kappa shape index (κ1) is 17.5. The minimum Gasteiger partial charge on any atom is -0.422 e. The van der Waals surface area contributed by atoms with Crippen LogP contribution in [0.25, 0.3) is 21.9 Å². The zero-order valence-corrected chi connectivity index (χ0v) is 16.4. The minimum absolute atomic E-state index is 0.0164. The van der Waals surface area contributed by atoms with Crippen molar-refractivity contribution in [2.24, 2.45) is 0 Å². The number of hydrogen-bond acceptors (Lipinski definition) is 4. The molecule has 0 aliphatic carbocycles. The Balaban J connectivity index is 1.77. The maximum atomic E-state index is 12.8. The zero-order chi connectivity index (χ0) is 19.1. The third-order valence-corrected chi connectivity index (χ3v) is 5.05. The van der Waals surface area contributed by atoms with Crippen LogP contribution in [0.5, 0.6) is 0 Å². The average Bonchev–Trinajstić information content (AvgIpc) is 3.07. The molecule has 27 heavy (non-hydrogen) atoms. The third kappa shape index (κ3) is 3.14. The van der Waals surface area contributed by atoms with Gasteiger partial charge in [-0.05, 0) is 43.3 Å². The van der Waals surface area contributed by atoms with Crippen molar-refractivity contribution in [2.45, 2.75) is 13.5 Å². The topological polar surface area (TPSA) is 68.3 Å². The van der Waals surface area contributed by atoms with Crippen molar-refractivity contribution in [3.05, 3.63) is 69.1 Å². The van der Waals surface area contributed by atoms with Gasteiger partial charge in [0.05, 0.1) is 11.7 Å². The number of nitrogens with zero attached hydrogens (tertiary/aromatic N) is 3. The molecule has 0 unspecified atom stereocenters. The number of hydrogen-bond donors (Lipinski definition) is 0. The lowest BCUT2D eigenvalue weighted by Crippen LogP contribution is -2.30. The molecule has 4 rings (SSSR count). The van der Waals surface area contributed by atoms with Crippen molar-refractivity contribution in [1.29, 1.82) is 0 Å². The molecule has 0 aliphatic heterocycles. The van der Waals surface area contributed by atoms with Crippen LogP contribution in [0.1, 0.15) is 5.56 Å². The summed E-state index contributed by atoms with van der Waals surface area (Å²) < 4.78 is 7.87. The van der Waals surface area contributed by atoms with Crippen molar-refractivity contribution in [3.63, 3.8) is 0 Å². The molecule has 0 atom stereocenters. The van der Waals surface area contributed by atoms with Crippen LogP contribution < -0.4 is 10.5 Å². The molecular formula is C20H16BrN3O3. The molecule has 0 radical (unpaired) electrons. The number of aromatic nitrogens is 2. The Morgan fingerprint density at radius 2 is 1.93 bits per heavy atom. The molecule has 0 N–H and O–H groups in total. The molecule has 6 nitrogen and oxygen atoms in total. The number of amides is 1. The van der Waals surface area contributed by atoms with Gasteiger partial charge in [-0.2, -0.15) is 5.10 Å². The monoisotopic (exact) mass is 425 g/mol. The van der Waals surface area contributed by atoms with Crippen LogP contribution in [-0.2, 0) is 11.3 Å². The summed E-state index contributed by atoms with van der Waals surface area (Å²) >= 11 is 3.39. The SMILES string of the molecule is Cc1ccc2oc(=O)c3cnn(CC(=O)N(C)c4ccc(Br)cc4)c3c2c1. The number of rotatable bonds is 3. The predicted molar refractivity (Wildman–Crippen MR) is 108 cm³/mol. The van der Waals surface area contributed by atoms with Crippen LogP contribution in [0.4, 0.5) is 5.69 Å². The summed E-state index contributed by atoms with van der Waals surface area (Å²) in [5.74, 6) is -0.142. The minimum atomic E-state index is -0.457. The molecule has 2 heterocycles. The molecule has 0 spiro atoms. The second-order valence-corrected chi connectivity index (χ2v) is 7.30. The van der Waals surface area contributed by atoms with Crippen LogP contribution in [0, 0.1) is 6.92 Å². The molecule has 7 heteroatoms. The molecule has 0 fully saturated rings. The van der Waals surface area contributed by atoms with Gasteiger partial charge in [-0.15, -0.1) is 0 Å². The van der Waals surface area contributed by atoms with Gasteiger partial charge in [0.2, 0.25) is 5.91 Å². The lowest BCUT2D eigenvalue weighted by atomic mass is 10.1. The second kappa shape index (κ2) is 6.66. The molecule has 136 valence electrons. The van der Waals surface area contributed by atoms with Gasteiger partial charge < -0.3 is 9.32 Å². The van der Waals surface area contributed by atoms with Gasteiger partial charge in [-0.1, -0.05) is 27.6 Å². The summed E-state index contributed by atoms with van der Waals surface area (Å²) in [4.78, 5) is 26.6. The van der Waals surface area contributed by atoms with Gasteiger partial charge in [0, 0.05) is 22.6 Å². The van der Waals surface area contributed by atoms with Crippen LogP contribution in [-0.4, -0.2) is 22.7 Å². The van der Waals surface area contributed by atoms with Gasteiger partial charge in [-0.3, -0.25) is 9.48 Å². The molecule has 0 aliphatic rings. The molecule has 0 saturated heterocycles. The van der Waals surface area contributed by atoms with Crippen molar-refractivity contribution >= 4 is 49.4 Å². The van der Waals surface area contributed by atoms with Crippen molar-refractivity contribution < 1.29 is 9.21 Å². The third-order valence-electron chi connectivity index (χ3n) is 4.53. The van der Waals surface area contributed by atoms with Gasteiger partial charge >= 0.3 is 5.63 Å². The molecule has 2 aromatic carbocycles. The first-order valence-electron chi connectivity index (χ1n) is 8.35. The summed E-state index contributed by atoms with van der Waals surface area (Å²) in [6.07, 6.45) is 1.45. The molecular weight excluding hydrogens is 410 g/mol. The van der Waals surface area contributed by atoms with Crippen LogP contribution in [0.15, 0.2) is 62.3 Å². The normalized spacial score (nSPS) is 11.2. The van der Waals surface area contributed by atoms with E-state index in [1.54, 1.807) is 22.7 Å². The van der Waals surface area contributed by atoms with E-state index in [2.05, 4.69) is 21.0 Å². The lowest BCUT2D eigenvalue weighted by Gasteiger charge is -2.17. The van der Waals surface area contributed by atoms with E-state index in [1.807, 2.05) is 43.3 Å². The Bertz CT molecular complexity index is 1230. The Hall–Kier alpha value is -2.93. The Labute approximate surface area is 163 Å². The fourth-order valence-corrected chi connectivity index (χ4v) is 3.32. The van der Waals surface area contributed by atoms with E-state index in [9.17, 15) is 9.59 Å². The Morgan fingerprint density at radius 3 is 2.67 bits per heavy atom. The van der Waals surface area contributed by atoms with E-state index in [-0.39, 0.29) is 12.5 Å². The predicted octanol–water partition coefficient (Wildman–Crippen LogP) is 3.88. The van der Waals surface area contributed by atoms with Gasteiger partial charge in [-0.25, -0.2) is 4.79 Å². The highest BCUT2D eigenvalue weighted by molar-refractivity contribution is 9.10. The van der Waals surface area contributed by atoms with E-state index in [4.69, 9.17) is 4.42 Å². The Kier molecular flexibility index (Phi) is 4.31. The Morgan fingerprint density at radius 1 is 1.19 bits per heavy atom. The highest BCUT2D eigenvalue weighted by Crippen LogP contribution is 2.24. The fraction of sp³-hybridized carbons (Fsp3) is 0.150. The number of carbonyl (C=O) groups excluding carboxylic acids is 1. The van der Waals surface area contributed by atoms with E-state index in [0.29, 0.717) is 16.5 Å². The van der Waals surface area contributed by atoms with Crippen LogP contribution in [0.3, 0.4) is 0 Å². The largest absolute Gasteiger partial charge is 0.422 e. The van der Waals surface area contributed by atoms with E-state index in [0.717, 1.165) is 21.1 Å². The van der Waals surface area contributed by atoms with Gasteiger partial charge in [0.25, 0.3) is 0 Å². The summed E-state index contributed by atoms with van der Waals surface area (Å²) in [5.41, 5.74) is 2.45. The first-order chi connectivity index (χ1) is 12.9. The number of anilines is 1. The lowest BCUT2D eigenvalue weighted by molar-refractivity contribution is -0.119. The summed E-state index contributed by atoms with van der Waals surface area (Å²) in [6, 6.07) is 13.0. The highest BCUT2D eigenvalue weighted by Gasteiger charge is 2.17. The fourth-order valence-electron chi connectivity index (χ4n) is 3.05. The summed E-state index contributed by atoms with van der Waals surface area (Å²) in [7, 11) is 1.72. The first-order valence-corrected chi connectivity index (χ1v) is 9.14. The molecule has 0 saturated carbocycles. The highest BCUT2D eigenvalue weighted by atomic mass is 79.9. The molecule has 4 aromatic rings. The zero-order valence-electron chi connectivity index (χ0n) is 14.8. The molecule has 2 aromatic heterocycles. The quantitative estimate of drug-likeness (QED) is 0.467. The van der Waals surface area contributed by atoms with Gasteiger partial charge in [0.15, 0.2) is 0 Å². The maximum Gasteiger partial charge on any atom is 0.347 e. The second-order valence-electron chi connectivity index (χ2n) is 6.38. The van der Waals surface area contributed by atoms with Crippen molar-refractivity contribution in [2.75, 3.05) is 11.9 Å². The maximum absolute atomic E-state index is 12.8. The number of likely N-dealkylation sites (N-methyl/N-ethyl adjacent to an activating group) is 1. The number of aryl methyl sites for hydroxylation is 1. The smallest absolute Gasteiger partial charge is 0.347 e. The number of halogens is 1. The van der Waals surface area contributed by atoms with E-state index >= 15 is 0 Å².